The monoisotopic (exact) mass is 332 g/mol. The predicted octanol–water partition coefficient (Wildman–Crippen LogP) is 3.04. The van der Waals surface area contributed by atoms with Crippen LogP contribution in [-0.2, 0) is 4.79 Å². The maximum atomic E-state index is 12.0. The van der Waals surface area contributed by atoms with Gasteiger partial charge in [-0.3, -0.25) is 14.9 Å². The first-order valence-corrected chi connectivity index (χ1v) is 7.83. The molecule has 0 fully saturated rings. The fourth-order valence-electron chi connectivity index (χ4n) is 1.97. The molecule has 1 aromatic heterocycles. The molecule has 0 saturated heterocycles. The fraction of sp³-hybridized carbons (Fsp3) is 0.267. The molecule has 0 radical (unpaired) electrons. The van der Waals surface area contributed by atoms with Gasteiger partial charge in [-0.25, -0.2) is 9.97 Å². The van der Waals surface area contributed by atoms with Crippen LogP contribution in [0.25, 0.3) is 0 Å². The highest BCUT2D eigenvalue weighted by atomic mass is 32.2. The number of thioether (sulfide) groups is 1. The minimum atomic E-state index is -0.469. The highest BCUT2D eigenvalue weighted by molar-refractivity contribution is 7.99. The molecule has 0 aliphatic heterocycles. The van der Waals surface area contributed by atoms with Gasteiger partial charge >= 0.3 is 0 Å². The SMILES string of the molecule is Cc1cc(C)nc(SCC(=O)Nc2ccc(C)c([N+](=O)[O-])c2)n1. The summed E-state index contributed by atoms with van der Waals surface area (Å²) < 4.78 is 0. The average Bonchev–Trinajstić information content (AvgIpc) is 2.46. The van der Waals surface area contributed by atoms with E-state index in [1.165, 1.54) is 17.8 Å². The third-order valence-corrected chi connectivity index (χ3v) is 3.83. The van der Waals surface area contributed by atoms with Crippen molar-refractivity contribution in [2.75, 3.05) is 11.1 Å². The van der Waals surface area contributed by atoms with Gasteiger partial charge in [-0.15, -0.1) is 0 Å². The number of carbonyl (C=O) groups is 1. The molecule has 0 atom stereocenters. The van der Waals surface area contributed by atoms with Crippen LogP contribution in [0, 0.1) is 30.9 Å². The Morgan fingerprint density at radius 1 is 1.22 bits per heavy atom. The van der Waals surface area contributed by atoms with Crippen LogP contribution in [-0.4, -0.2) is 26.6 Å². The first-order valence-electron chi connectivity index (χ1n) is 6.85. The molecular weight excluding hydrogens is 316 g/mol. The molecule has 0 spiro atoms. The number of aromatic nitrogens is 2. The van der Waals surface area contributed by atoms with Gasteiger partial charge in [-0.2, -0.15) is 0 Å². The number of nitro benzene ring substituents is 1. The van der Waals surface area contributed by atoms with Crippen LogP contribution in [0.15, 0.2) is 29.4 Å². The number of hydrogen-bond donors (Lipinski definition) is 1. The molecule has 120 valence electrons. The minimum absolute atomic E-state index is 0.0203. The van der Waals surface area contributed by atoms with Crippen LogP contribution in [0.3, 0.4) is 0 Å². The van der Waals surface area contributed by atoms with Crippen molar-refractivity contribution in [2.24, 2.45) is 0 Å². The van der Waals surface area contributed by atoms with Crippen molar-refractivity contribution in [2.45, 2.75) is 25.9 Å². The third-order valence-electron chi connectivity index (χ3n) is 2.98. The van der Waals surface area contributed by atoms with E-state index in [4.69, 9.17) is 0 Å². The first kappa shape index (κ1) is 16.9. The Morgan fingerprint density at radius 2 is 1.87 bits per heavy atom. The zero-order valence-electron chi connectivity index (χ0n) is 13.0. The van der Waals surface area contributed by atoms with Gasteiger partial charge < -0.3 is 5.32 Å². The van der Waals surface area contributed by atoms with Gasteiger partial charge in [0.25, 0.3) is 5.69 Å². The Kier molecular flexibility index (Phi) is 5.28. The van der Waals surface area contributed by atoms with Crippen molar-refractivity contribution in [3.8, 4) is 0 Å². The maximum Gasteiger partial charge on any atom is 0.274 e. The lowest BCUT2D eigenvalue weighted by molar-refractivity contribution is -0.385. The first-order chi connectivity index (χ1) is 10.8. The van der Waals surface area contributed by atoms with Gasteiger partial charge in [0, 0.05) is 28.7 Å². The van der Waals surface area contributed by atoms with Gasteiger partial charge in [-0.05, 0) is 32.9 Å². The van der Waals surface area contributed by atoms with E-state index in [1.807, 2.05) is 19.9 Å². The summed E-state index contributed by atoms with van der Waals surface area (Å²) in [5.74, 6) is -0.138. The predicted molar refractivity (Wildman–Crippen MR) is 88.7 cm³/mol. The number of rotatable bonds is 5. The topological polar surface area (TPSA) is 98.0 Å². The highest BCUT2D eigenvalue weighted by Gasteiger charge is 2.13. The molecule has 0 aliphatic carbocycles. The van der Waals surface area contributed by atoms with Gasteiger partial charge in [0.05, 0.1) is 10.7 Å². The zero-order valence-corrected chi connectivity index (χ0v) is 13.8. The van der Waals surface area contributed by atoms with Crippen molar-refractivity contribution in [1.82, 2.24) is 9.97 Å². The number of benzene rings is 1. The van der Waals surface area contributed by atoms with Crippen molar-refractivity contribution in [3.63, 3.8) is 0 Å². The van der Waals surface area contributed by atoms with Crippen LogP contribution >= 0.6 is 11.8 Å². The standard InChI is InChI=1S/C15H16N4O3S/c1-9-4-5-12(7-13(9)19(21)22)18-14(20)8-23-15-16-10(2)6-11(3)17-15/h4-7H,8H2,1-3H3,(H,18,20). The number of aryl methyl sites for hydroxylation is 3. The van der Waals surface area contributed by atoms with Crippen molar-refractivity contribution >= 4 is 29.0 Å². The Bertz CT molecular complexity index is 744. The van der Waals surface area contributed by atoms with E-state index in [0.29, 0.717) is 16.4 Å². The van der Waals surface area contributed by atoms with Crippen molar-refractivity contribution in [1.29, 1.82) is 0 Å². The molecule has 1 heterocycles. The summed E-state index contributed by atoms with van der Waals surface area (Å²) in [5, 5.41) is 14.1. The van der Waals surface area contributed by atoms with Crippen molar-refractivity contribution < 1.29 is 9.72 Å². The van der Waals surface area contributed by atoms with Gasteiger partial charge in [0.2, 0.25) is 5.91 Å². The molecule has 0 saturated carbocycles. The third kappa shape index (κ3) is 4.75. The Balaban J connectivity index is 1.99. The number of nitro groups is 1. The van der Waals surface area contributed by atoms with Crippen LogP contribution in [0.4, 0.5) is 11.4 Å². The van der Waals surface area contributed by atoms with Crippen LogP contribution in [0.1, 0.15) is 17.0 Å². The Morgan fingerprint density at radius 3 is 2.48 bits per heavy atom. The van der Waals surface area contributed by atoms with Crippen molar-refractivity contribution in [3.05, 3.63) is 51.3 Å². The smallest absolute Gasteiger partial charge is 0.274 e. The molecule has 23 heavy (non-hydrogen) atoms. The molecule has 8 heteroatoms. The summed E-state index contributed by atoms with van der Waals surface area (Å²) in [4.78, 5) is 30.9. The lowest BCUT2D eigenvalue weighted by atomic mass is 10.2. The molecule has 0 bridgehead atoms. The highest BCUT2D eigenvalue weighted by Crippen LogP contribution is 2.22. The molecule has 2 aromatic rings. The number of amides is 1. The van der Waals surface area contributed by atoms with E-state index in [-0.39, 0.29) is 17.3 Å². The molecule has 1 amide bonds. The summed E-state index contributed by atoms with van der Waals surface area (Å²) >= 11 is 1.22. The normalized spacial score (nSPS) is 10.4. The van der Waals surface area contributed by atoms with E-state index in [1.54, 1.807) is 19.1 Å². The zero-order chi connectivity index (χ0) is 17.0. The molecule has 7 nitrogen and oxygen atoms in total. The quantitative estimate of drug-likeness (QED) is 0.391. The van der Waals surface area contributed by atoms with Crippen LogP contribution in [0.5, 0.6) is 0 Å². The second-order valence-corrected chi connectivity index (χ2v) is 5.97. The van der Waals surface area contributed by atoms with E-state index >= 15 is 0 Å². The summed E-state index contributed by atoms with van der Waals surface area (Å²) in [6.07, 6.45) is 0. The Hall–Kier alpha value is -2.48. The summed E-state index contributed by atoms with van der Waals surface area (Å²) in [6.45, 7) is 5.38. The van der Waals surface area contributed by atoms with Crippen LogP contribution in [0.2, 0.25) is 0 Å². The molecule has 1 aromatic carbocycles. The molecule has 1 N–H and O–H groups in total. The molecule has 0 aliphatic rings. The largest absolute Gasteiger partial charge is 0.325 e. The van der Waals surface area contributed by atoms with Crippen LogP contribution < -0.4 is 5.32 Å². The lowest BCUT2D eigenvalue weighted by Crippen LogP contribution is -2.14. The van der Waals surface area contributed by atoms with E-state index in [2.05, 4.69) is 15.3 Å². The van der Waals surface area contributed by atoms with E-state index < -0.39 is 4.92 Å². The number of anilines is 1. The molecule has 0 unspecified atom stereocenters. The van der Waals surface area contributed by atoms with Gasteiger partial charge in [0.15, 0.2) is 5.16 Å². The number of carbonyl (C=O) groups excluding carboxylic acids is 1. The maximum absolute atomic E-state index is 12.0. The molecule has 2 rings (SSSR count). The van der Waals surface area contributed by atoms with Gasteiger partial charge in [-0.1, -0.05) is 17.8 Å². The van der Waals surface area contributed by atoms with E-state index in [9.17, 15) is 14.9 Å². The average molecular weight is 332 g/mol. The number of hydrogen-bond acceptors (Lipinski definition) is 6. The van der Waals surface area contributed by atoms with E-state index in [0.717, 1.165) is 11.4 Å². The number of nitrogens with zero attached hydrogens (tertiary/aromatic N) is 3. The Labute approximate surface area is 137 Å². The number of nitrogens with one attached hydrogen (secondary N) is 1. The molecular formula is C15H16N4O3S. The second-order valence-electron chi connectivity index (χ2n) is 5.03. The minimum Gasteiger partial charge on any atom is -0.325 e. The fourth-order valence-corrected chi connectivity index (χ4v) is 2.72. The second kappa shape index (κ2) is 7.19. The summed E-state index contributed by atoms with van der Waals surface area (Å²) in [5.41, 5.74) is 2.61. The summed E-state index contributed by atoms with van der Waals surface area (Å²) in [6, 6.07) is 6.45. The lowest BCUT2D eigenvalue weighted by Gasteiger charge is -2.06. The summed E-state index contributed by atoms with van der Waals surface area (Å²) in [7, 11) is 0. The van der Waals surface area contributed by atoms with Gasteiger partial charge in [0.1, 0.15) is 0 Å².